The largest absolute Gasteiger partial charge is 0.368 e. The molecule has 0 spiro atoms. The molecule has 0 aliphatic carbocycles. The Bertz CT molecular complexity index is 462. The number of imidazole rings is 1. The first-order chi connectivity index (χ1) is 6.79. The fourth-order valence-electron chi connectivity index (χ4n) is 1.19. The highest BCUT2D eigenvalue weighted by atomic mass is 32.1. The lowest BCUT2D eigenvalue weighted by Gasteiger charge is -2.10. The van der Waals surface area contributed by atoms with Crippen molar-refractivity contribution in [1.82, 2.24) is 14.5 Å². The van der Waals surface area contributed by atoms with Crippen LogP contribution < -0.4 is 0 Å². The molecule has 0 aromatic carbocycles. The van der Waals surface area contributed by atoms with Gasteiger partial charge in [0.15, 0.2) is 11.0 Å². The number of pyridine rings is 1. The maximum atomic E-state index is 9.88. The van der Waals surface area contributed by atoms with E-state index >= 15 is 0 Å². The number of hydrogen-bond acceptors (Lipinski definition) is 3. The van der Waals surface area contributed by atoms with Gasteiger partial charge in [-0.3, -0.25) is 9.55 Å². The molecule has 2 rings (SSSR count). The van der Waals surface area contributed by atoms with Crippen LogP contribution in [0.15, 0.2) is 36.8 Å². The average Bonchev–Trinajstić information content (AvgIpc) is 2.65. The molecule has 0 bridgehead atoms. The van der Waals surface area contributed by atoms with E-state index < -0.39 is 6.23 Å². The molecule has 4 nitrogen and oxygen atoms in total. The van der Waals surface area contributed by atoms with Gasteiger partial charge in [0.05, 0.1) is 5.69 Å². The summed E-state index contributed by atoms with van der Waals surface area (Å²) < 4.78 is 2.01. The summed E-state index contributed by atoms with van der Waals surface area (Å²) in [4.78, 5) is 6.85. The first kappa shape index (κ1) is 9.11. The van der Waals surface area contributed by atoms with Gasteiger partial charge in [-0.25, -0.2) is 0 Å². The number of aromatic nitrogens is 3. The van der Waals surface area contributed by atoms with Crippen LogP contribution in [0.4, 0.5) is 0 Å². The summed E-state index contributed by atoms with van der Waals surface area (Å²) in [5, 5.41) is 9.88. The van der Waals surface area contributed by atoms with Crippen LogP contribution in [0.25, 0.3) is 0 Å². The van der Waals surface area contributed by atoms with E-state index in [0.717, 1.165) is 0 Å². The zero-order valence-corrected chi connectivity index (χ0v) is 8.11. The number of aliphatic hydroxyl groups is 1. The Hall–Kier alpha value is -1.46. The standard InChI is InChI=1S/C9H9N3OS/c13-8(7-3-1-2-4-10-7)12-6-5-11-9(12)14/h1-6,8,13H,(H,11,14). The summed E-state index contributed by atoms with van der Waals surface area (Å²) in [5.74, 6) is 0. The fourth-order valence-corrected chi connectivity index (χ4v) is 1.42. The minimum absolute atomic E-state index is 0.475. The van der Waals surface area contributed by atoms with Crippen LogP contribution in [0, 0.1) is 4.77 Å². The number of nitrogens with zero attached hydrogens (tertiary/aromatic N) is 2. The van der Waals surface area contributed by atoms with E-state index in [9.17, 15) is 5.11 Å². The molecule has 0 saturated carbocycles. The smallest absolute Gasteiger partial charge is 0.179 e. The first-order valence-electron chi connectivity index (χ1n) is 4.13. The molecule has 5 heteroatoms. The Morgan fingerprint density at radius 3 is 2.93 bits per heavy atom. The first-order valence-corrected chi connectivity index (χ1v) is 4.54. The van der Waals surface area contributed by atoms with Crippen LogP contribution in [0.1, 0.15) is 11.9 Å². The van der Waals surface area contributed by atoms with Crippen molar-refractivity contribution in [2.24, 2.45) is 0 Å². The van der Waals surface area contributed by atoms with Crippen LogP contribution in [0.3, 0.4) is 0 Å². The maximum absolute atomic E-state index is 9.88. The van der Waals surface area contributed by atoms with Gasteiger partial charge in [-0.05, 0) is 24.4 Å². The predicted octanol–water partition coefficient (Wildman–Crippen LogP) is 1.48. The lowest BCUT2D eigenvalue weighted by molar-refractivity contribution is 0.140. The van der Waals surface area contributed by atoms with Gasteiger partial charge in [-0.15, -0.1) is 0 Å². The highest BCUT2D eigenvalue weighted by Gasteiger charge is 2.10. The third kappa shape index (κ3) is 1.59. The molecule has 1 unspecified atom stereocenters. The summed E-state index contributed by atoms with van der Waals surface area (Å²) in [6, 6.07) is 5.37. The molecule has 72 valence electrons. The SMILES string of the molecule is OC(c1ccccn1)n1cc[nH]c1=S. The molecule has 2 N–H and O–H groups in total. The van der Waals surface area contributed by atoms with Crippen molar-refractivity contribution in [1.29, 1.82) is 0 Å². The lowest BCUT2D eigenvalue weighted by atomic mass is 10.3. The normalized spacial score (nSPS) is 12.6. The Kier molecular flexibility index (Phi) is 2.43. The molecule has 0 aliphatic rings. The van der Waals surface area contributed by atoms with Gasteiger partial charge in [-0.2, -0.15) is 0 Å². The minimum Gasteiger partial charge on any atom is -0.368 e. The van der Waals surface area contributed by atoms with Crippen molar-refractivity contribution in [3.63, 3.8) is 0 Å². The van der Waals surface area contributed by atoms with Gasteiger partial charge in [0, 0.05) is 18.6 Å². The molecular weight excluding hydrogens is 198 g/mol. The van der Waals surface area contributed by atoms with Crippen LogP contribution >= 0.6 is 12.2 Å². The van der Waals surface area contributed by atoms with E-state index in [-0.39, 0.29) is 0 Å². The summed E-state index contributed by atoms with van der Waals surface area (Å²) >= 11 is 4.98. The molecule has 2 heterocycles. The number of nitrogens with one attached hydrogen (secondary N) is 1. The summed E-state index contributed by atoms with van der Waals surface area (Å²) in [5.41, 5.74) is 0.572. The second kappa shape index (κ2) is 3.73. The maximum Gasteiger partial charge on any atom is 0.179 e. The fraction of sp³-hybridized carbons (Fsp3) is 0.111. The Balaban J connectivity index is 2.39. The average molecular weight is 207 g/mol. The third-order valence-corrected chi connectivity index (χ3v) is 2.22. The van der Waals surface area contributed by atoms with E-state index in [1.807, 2.05) is 6.07 Å². The number of aromatic amines is 1. The van der Waals surface area contributed by atoms with Crippen LogP contribution in [0.5, 0.6) is 0 Å². The molecule has 0 fully saturated rings. The third-order valence-electron chi connectivity index (χ3n) is 1.89. The summed E-state index contributed by atoms with van der Waals surface area (Å²) in [6.45, 7) is 0. The van der Waals surface area contributed by atoms with E-state index in [4.69, 9.17) is 12.2 Å². The lowest BCUT2D eigenvalue weighted by Crippen LogP contribution is -2.10. The Morgan fingerprint density at radius 1 is 1.50 bits per heavy atom. The van der Waals surface area contributed by atoms with Crippen molar-refractivity contribution in [2.75, 3.05) is 0 Å². The van der Waals surface area contributed by atoms with Crippen molar-refractivity contribution in [3.8, 4) is 0 Å². The van der Waals surface area contributed by atoms with Gasteiger partial charge in [-0.1, -0.05) is 6.07 Å². The van der Waals surface area contributed by atoms with Crippen LogP contribution in [0.2, 0.25) is 0 Å². The van der Waals surface area contributed by atoms with Crippen LogP contribution in [-0.4, -0.2) is 19.6 Å². The van der Waals surface area contributed by atoms with Crippen molar-refractivity contribution in [3.05, 3.63) is 47.3 Å². The van der Waals surface area contributed by atoms with Crippen LogP contribution in [-0.2, 0) is 0 Å². The zero-order chi connectivity index (χ0) is 9.97. The summed E-state index contributed by atoms with van der Waals surface area (Å²) in [7, 11) is 0. The molecular formula is C9H9N3OS. The van der Waals surface area contributed by atoms with E-state index in [1.165, 1.54) is 4.57 Å². The number of aliphatic hydroxyl groups excluding tert-OH is 1. The molecule has 2 aromatic rings. The molecule has 1 atom stereocenters. The predicted molar refractivity (Wildman–Crippen MR) is 54.2 cm³/mol. The van der Waals surface area contributed by atoms with Gasteiger partial charge < -0.3 is 10.1 Å². The Morgan fingerprint density at radius 2 is 2.36 bits per heavy atom. The van der Waals surface area contributed by atoms with Gasteiger partial charge in [0.1, 0.15) is 0 Å². The topological polar surface area (TPSA) is 53.8 Å². The molecule has 2 aromatic heterocycles. The van der Waals surface area contributed by atoms with E-state index in [0.29, 0.717) is 10.5 Å². The monoisotopic (exact) mass is 207 g/mol. The Labute approximate surface area is 85.9 Å². The van der Waals surface area contributed by atoms with Gasteiger partial charge in [0.25, 0.3) is 0 Å². The molecule has 0 amide bonds. The van der Waals surface area contributed by atoms with Crippen molar-refractivity contribution < 1.29 is 5.11 Å². The van der Waals surface area contributed by atoms with E-state index in [1.54, 1.807) is 30.7 Å². The second-order valence-electron chi connectivity index (χ2n) is 2.80. The quantitative estimate of drug-likeness (QED) is 0.733. The highest BCUT2D eigenvalue weighted by molar-refractivity contribution is 7.71. The van der Waals surface area contributed by atoms with E-state index in [2.05, 4.69) is 9.97 Å². The summed E-state index contributed by atoms with van der Waals surface area (Å²) in [6.07, 6.45) is 4.17. The second-order valence-corrected chi connectivity index (χ2v) is 3.19. The molecule has 14 heavy (non-hydrogen) atoms. The van der Waals surface area contributed by atoms with Gasteiger partial charge in [0.2, 0.25) is 0 Å². The molecule has 0 saturated heterocycles. The van der Waals surface area contributed by atoms with Gasteiger partial charge >= 0.3 is 0 Å². The van der Waals surface area contributed by atoms with Crippen molar-refractivity contribution >= 4 is 12.2 Å². The number of rotatable bonds is 2. The molecule has 0 aliphatic heterocycles. The number of hydrogen-bond donors (Lipinski definition) is 2. The minimum atomic E-state index is -0.824. The molecule has 0 radical (unpaired) electrons. The number of H-pyrrole nitrogens is 1. The highest BCUT2D eigenvalue weighted by Crippen LogP contribution is 2.11. The van der Waals surface area contributed by atoms with Crippen molar-refractivity contribution in [2.45, 2.75) is 6.23 Å². The zero-order valence-electron chi connectivity index (χ0n) is 7.29.